The maximum Gasteiger partial charge on any atom is 0.261 e. The van der Waals surface area contributed by atoms with Crippen molar-refractivity contribution < 1.29 is 18.0 Å². The average molecular weight is 424 g/mol. The van der Waals surface area contributed by atoms with Crippen LogP contribution < -0.4 is 10.6 Å². The Balaban J connectivity index is 1.96. The molecule has 2 aromatic rings. The molecule has 2 rings (SSSR count). The van der Waals surface area contributed by atoms with Gasteiger partial charge in [0, 0.05) is 31.4 Å². The van der Waals surface area contributed by atoms with Crippen LogP contribution in [0.4, 0.5) is 0 Å². The molecule has 0 bridgehead atoms. The van der Waals surface area contributed by atoms with Crippen molar-refractivity contribution in [2.75, 3.05) is 13.1 Å². The predicted octanol–water partition coefficient (Wildman–Crippen LogP) is 2.34. The highest BCUT2D eigenvalue weighted by atomic mass is 32.2. The maximum absolute atomic E-state index is 12.5. The zero-order valence-electron chi connectivity index (χ0n) is 16.2. The number of carbonyl (C=O) groups excluding carboxylic acids is 2. The van der Waals surface area contributed by atoms with Gasteiger partial charge in [0.25, 0.3) is 5.91 Å². The van der Waals surface area contributed by atoms with E-state index in [1.807, 2.05) is 6.07 Å². The van der Waals surface area contributed by atoms with Crippen LogP contribution in [0.5, 0.6) is 0 Å². The number of nitrogens with zero attached hydrogens (tertiary/aromatic N) is 1. The van der Waals surface area contributed by atoms with Crippen molar-refractivity contribution in [1.82, 2.24) is 14.9 Å². The lowest BCUT2D eigenvalue weighted by molar-refractivity contribution is -0.119. The van der Waals surface area contributed by atoms with Crippen molar-refractivity contribution in [2.24, 2.45) is 0 Å². The molecule has 9 heteroatoms. The molecule has 1 heterocycles. The third-order valence-corrected chi connectivity index (χ3v) is 7.26. The Morgan fingerprint density at radius 1 is 0.964 bits per heavy atom. The van der Waals surface area contributed by atoms with Gasteiger partial charge in [-0.1, -0.05) is 26.0 Å². The largest absolute Gasteiger partial charge is 0.351 e. The van der Waals surface area contributed by atoms with E-state index in [1.54, 1.807) is 44.2 Å². The molecule has 2 amide bonds. The first kappa shape index (κ1) is 22.1. The Hall–Kier alpha value is -2.23. The van der Waals surface area contributed by atoms with Gasteiger partial charge in [0.1, 0.15) is 0 Å². The first-order chi connectivity index (χ1) is 13.3. The van der Waals surface area contributed by atoms with Crippen molar-refractivity contribution in [1.29, 1.82) is 0 Å². The van der Waals surface area contributed by atoms with Crippen molar-refractivity contribution in [3.05, 3.63) is 51.7 Å². The summed E-state index contributed by atoms with van der Waals surface area (Å²) in [6.45, 7) is 6.58. The van der Waals surface area contributed by atoms with E-state index in [2.05, 4.69) is 10.6 Å². The maximum atomic E-state index is 12.5. The topological polar surface area (TPSA) is 95.6 Å². The van der Waals surface area contributed by atoms with Crippen LogP contribution in [-0.2, 0) is 27.9 Å². The van der Waals surface area contributed by atoms with Crippen molar-refractivity contribution in [2.45, 2.75) is 38.8 Å². The van der Waals surface area contributed by atoms with Crippen molar-refractivity contribution in [3.63, 3.8) is 0 Å². The number of sulfonamides is 1. The van der Waals surface area contributed by atoms with Crippen LogP contribution in [0, 0.1) is 0 Å². The highest BCUT2D eigenvalue weighted by molar-refractivity contribution is 7.89. The number of amides is 2. The summed E-state index contributed by atoms with van der Waals surface area (Å²) in [6, 6.07) is 10.1. The van der Waals surface area contributed by atoms with Crippen LogP contribution in [0.1, 0.15) is 40.9 Å². The zero-order valence-corrected chi connectivity index (χ0v) is 17.8. The van der Waals surface area contributed by atoms with E-state index in [4.69, 9.17) is 0 Å². The number of hydrogen-bond acceptors (Lipinski definition) is 5. The summed E-state index contributed by atoms with van der Waals surface area (Å²) in [5, 5.41) is 5.51. The normalized spacial score (nSPS) is 11.4. The van der Waals surface area contributed by atoms with Gasteiger partial charge in [-0.2, -0.15) is 4.31 Å². The van der Waals surface area contributed by atoms with Crippen LogP contribution in [0.2, 0.25) is 0 Å². The summed E-state index contributed by atoms with van der Waals surface area (Å²) in [7, 11) is -3.48. The number of rotatable bonds is 9. The van der Waals surface area contributed by atoms with Crippen LogP contribution in [0.15, 0.2) is 41.3 Å². The lowest BCUT2D eigenvalue weighted by atomic mass is 10.2. The van der Waals surface area contributed by atoms with E-state index in [1.165, 1.54) is 22.6 Å². The fraction of sp³-hybridized carbons (Fsp3) is 0.368. The van der Waals surface area contributed by atoms with Crippen LogP contribution in [-0.4, -0.2) is 37.6 Å². The van der Waals surface area contributed by atoms with Gasteiger partial charge in [-0.25, -0.2) is 8.42 Å². The number of benzene rings is 1. The molecular weight excluding hydrogens is 398 g/mol. The van der Waals surface area contributed by atoms with Crippen LogP contribution in [0.3, 0.4) is 0 Å². The SMILES string of the molecule is CCN(CC)S(=O)(=O)c1ccc(CNC(=O)c2ccc(CNC(C)=O)s2)cc1. The van der Waals surface area contributed by atoms with Gasteiger partial charge < -0.3 is 10.6 Å². The lowest BCUT2D eigenvalue weighted by Gasteiger charge is -2.18. The van der Waals surface area contributed by atoms with E-state index in [-0.39, 0.29) is 16.7 Å². The molecule has 1 aromatic carbocycles. The van der Waals surface area contributed by atoms with Gasteiger partial charge in [0.2, 0.25) is 15.9 Å². The first-order valence-electron chi connectivity index (χ1n) is 8.98. The summed E-state index contributed by atoms with van der Waals surface area (Å²) in [4.78, 5) is 24.9. The fourth-order valence-electron chi connectivity index (χ4n) is 2.57. The predicted molar refractivity (Wildman–Crippen MR) is 110 cm³/mol. The summed E-state index contributed by atoms with van der Waals surface area (Å²) in [5.74, 6) is -0.329. The Morgan fingerprint density at radius 3 is 2.18 bits per heavy atom. The molecule has 0 aliphatic carbocycles. The minimum Gasteiger partial charge on any atom is -0.351 e. The van der Waals surface area contributed by atoms with Crippen molar-refractivity contribution in [3.8, 4) is 0 Å². The Labute approximate surface area is 169 Å². The number of carbonyl (C=O) groups is 2. The van der Waals surface area contributed by atoms with E-state index in [0.29, 0.717) is 31.1 Å². The van der Waals surface area contributed by atoms with Crippen LogP contribution in [0.25, 0.3) is 0 Å². The molecule has 0 unspecified atom stereocenters. The van der Waals surface area contributed by atoms with Crippen LogP contribution >= 0.6 is 11.3 Å². The van der Waals surface area contributed by atoms with E-state index >= 15 is 0 Å². The number of hydrogen-bond donors (Lipinski definition) is 2. The smallest absolute Gasteiger partial charge is 0.261 e. The molecule has 0 fully saturated rings. The second-order valence-corrected chi connectivity index (χ2v) is 9.20. The second kappa shape index (κ2) is 9.81. The third kappa shape index (κ3) is 5.63. The second-order valence-electron chi connectivity index (χ2n) is 6.09. The standard InChI is InChI=1S/C19H25N3O4S2/c1-4-22(5-2)28(25,26)17-9-6-15(7-10-17)12-21-19(24)18-11-8-16(27-18)13-20-14(3)23/h6-11H,4-5,12-13H2,1-3H3,(H,20,23)(H,21,24). The lowest BCUT2D eigenvalue weighted by Crippen LogP contribution is -2.30. The van der Waals surface area contributed by atoms with Gasteiger partial charge in [-0.3, -0.25) is 9.59 Å². The fourth-order valence-corrected chi connectivity index (χ4v) is 4.89. The zero-order chi connectivity index (χ0) is 20.7. The highest BCUT2D eigenvalue weighted by Crippen LogP contribution is 2.18. The quantitative estimate of drug-likeness (QED) is 0.647. The van der Waals surface area contributed by atoms with Gasteiger partial charge in [-0.15, -0.1) is 11.3 Å². The van der Waals surface area contributed by atoms with E-state index in [9.17, 15) is 18.0 Å². The molecule has 0 aliphatic heterocycles. The molecule has 1 aromatic heterocycles. The molecule has 0 spiro atoms. The van der Waals surface area contributed by atoms with Gasteiger partial charge in [-0.05, 0) is 29.8 Å². The summed E-state index contributed by atoms with van der Waals surface area (Å²) in [5.41, 5.74) is 0.807. The van der Waals surface area contributed by atoms with Gasteiger partial charge >= 0.3 is 0 Å². The molecule has 0 radical (unpaired) electrons. The Morgan fingerprint density at radius 2 is 1.61 bits per heavy atom. The van der Waals surface area contributed by atoms with Crippen molar-refractivity contribution >= 4 is 33.2 Å². The Kier molecular flexibility index (Phi) is 7.73. The molecule has 0 atom stereocenters. The molecule has 0 saturated carbocycles. The minimum absolute atomic E-state index is 0.120. The number of thiophene rings is 1. The monoisotopic (exact) mass is 423 g/mol. The third-order valence-electron chi connectivity index (χ3n) is 4.12. The summed E-state index contributed by atoms with van der Waals surface area (Å²) in [6.07, 6.45) is 0. The van der Waals surface area contributed by atoms with E-state index in [0.717, 1.165) is 10.4 Å². The summed E-state index contributed by atoms with van der Waals surface area (Å²) >= 11 is 1.32. The molecular formula is C19H25N3O4S2. The highest BCUT2D eigenvalue weighted by Gasteiger charge is 2.21. The first-order valence-corrected chi connectivity index (χ1v) is 11.2. The van der Waals surface area contributed by atoms with Gasteiger partial charge in [0.15, 0.2) is 0 Å². The summed E-state index contributed by atoms with van der Waals surface area (Å²) < 4.78 is 26.4. The average Bonchev–Trinajstić information content (AvgIpc) is 3.15. The molecule has 2 N–H and O–H groups in total. The van der Waals surface area contributed by atoms with E-state index < -0.39 is 10.0 Å². The Bertz CT molecular complexity index is 917. The molecule has 28 heavy (non-hydrogen) atoms. The minimum atomic E-state index is -3.48. The molecule has 0 saturated heterocycles. The van der Waals surface area contributed by atoms with Gasteiger partial charge in [0.05, 0.1) is 16.3 Å². The molecule has 7 nitrogen and oxygen atoms in total. The molecule has 152 valence electrons. The molecule has 0 aliphatic rings. The number of nitrogens with one attached hydrogen (secondary N) is 2.